The predicted octanol–water partition coefficient (Wildman–Crippen LogP) is 2.65. The molecule has 3 aliphatic rings. The van der Waals surface area contributed by atoms with Gasteiger partial charge in [-0.15, -0.1) is 0 Å². The van der Waals surface area contributed by atoms with Gasteiger partial charge in [-0.05, 0) is 31.0 Å². The predicted molar refractivity (Wildman–Crippen MR) is 113 cm³/mol. The Morgan fingerprint density at radius 3 is 2.81 bits per heavy atom. The van der Waals surface area contributed by atoms with Gasteiger partial charge in [-0.1, -0.05) is 24.3 Å². The molecule has 2 aliphatic heterocycles. The van der Waals surface area contributed by atoms with Crippen LogP contribution in [0.3, 0.4) is 0 Å². The fourth-order valence-electron chi connectivity index (χ4n) is 5.36. The van der Waals surface area contributed by atoms with Crippen molar-refractivity contribution < 1.29 is 24.1 Å². The smallest absolute Gasteiger partial charge is 0.224 e. The van der Waals surface area contributed by atoms with Crippen LogP contribution in [0.1, 0.15) is 36.5 Å². The second-order valence-corrected chi connectivity index (χ2v) is 9.05. The van der Waals surface area contributed by atoms with Crippen LogP contribution in [0.15, 0.2) is 42.5 Å². The standard InChI is InChI=1S/C24H27FN2O4/c25-23-18-7-9-22(29)26-20(18)8-6-19(23)21(28)13-27-12-15-10-17(11-24(15,30)14-27)31-16-4-2-1-3-5-16/h1-6,8,15,17,21,28,30H,7,9-14H2,(H,26,29)/t15-,17+,21+,24-/m1/s1. The minimum atomic E-state index is -0.998. The Morgan fingerprint density at radius 1 is 1.23 bits per heavy atom. The lowest BCUT2D eigenvalue weighted by Crippen LogP contribution is -2.36. The van der Waals surface area contributed by atoms with Crippen molar-refractivity contribution in [3.05, 3.63) is 59.4 Å². The van der Waals surface area contributed by atoms with Crippen molar-refractivity contribution in [2.45, 2.75) is 43.5 Å². The van der Waals surface area contributed by atoms with Crippen LogP contribution in [-0.2, 0) is 11.2 Å². The van der Waals surface area contributed by atoms with Crippen molar-refractivity contribution in [1.82, 2.24) is 4.90 Å². The normalized spacial score (nSPS) is 28.7. The van der Waals surface area contributed by atoms with Crippen molar-refractivity contribution in [2.75, 3.05) is 25.0 Å². The maximum absolute atomic E-state index is 15.0. The summed E-state index contributed by atoms with van der Waals surface area (Å²) in [6, 6.07) is 12.8. The first-order valence-electron chi connectivity index (χ1n) is 10.9. The van der Waals surface area contributed by atoms with Crippen LogP contribution in [0.2, 0.25) is 0 Å². The first-order valence-corrected chi connectivity index (χ1v) is 10.9. The molecule has 0 unspecified atom stereocenters. The van der Waals surface area contributed by atoms with E-state index >= 15 is 0 Å². The molecule has 1 saturated heterocycles. The van der Waals surface area contributed by atoms with E-state index in [-0.39, 0.29) is 36.5 Å². The number of nitrogens with zero attached hydrogens (tertiary/aromatic N) is 1. The number of fused-ring (bicyclic) bond motifs is 2. The Morgan fingerprint density at radius 2 is 2.03 bits per heavy atom. The minimum Gasteiger partial charge on any atom is -0.490 e. The third kappa shape index (κ3) is 3.93. The number of β-amino-alcohol motifs (C(OH)–C–C–N with tert-alkyl or cyclic N) is 2. The third-order valence-electron chi connectivity index (χ3n) is 6.85. The summed E-state index contributed by atoms with van der Waals surface area (Å²) in [5.74, 6) is 0.311. The first-order chi connectivity index (χ1) is 14.9. The fourth-order valence-corrected chi connectivity index (χ4v) is 5.36. The highest BCUT2D eigenvalue weighted by Gasteiger charge is 2.52. The largest absolute Gasteiger partial charge is 0.490 e. The Hall–Kier alpha value is -2.48. The molecular formula is C24H27FN2O4. The summed E-state index contributed by atoms with van der Waals surface area (Å²) >= 11 is 0. The Labute approximate surface area is 180 Å². The van der Waals surface area contributed by atoms with Gasteiger partial charge in [0.15, 0.2) is 0 Å². The van der Waals surface area contributed by atoms with Crippen LogP contribution in [-0.4, -0.2) is 52.4 Å². The molecule has 0 radical (unpaired) electrons. The van der Waals surface area contributed by atoms with Crippen molar-refractivity contribution in [1.29, 1.82) is 0 Å². The summed E-state index contributed by atoms with van der Waals surface area (Å²) in [6.07, 6.45) is 0.856. The lowest BCUT2D eigenvalue weighted by atomic mass is 9.95. The van der Waals surface area contributed by atoms with E-state index in [0.717, 1.165) is 12.2 Å². The molecule has 5 rings (SSSR count). The molecule has 2 aromatic rings. The second kappa shape index (κ2) is 7.89. The van der Waals surface area contributed by atoms with Gasteiger partial charge in [0.1, 0.15) is 17.7 Å². The summed E-state index contributed by atoms with van der Waals surface area (Å²) < 4.78 is 21.0. The van der Waals surface area contributed by atoms with Crippen molar-refractivity contribution >= 4 is 11.6 Å². The molecule has 1 saturated carbocycles. The maximum Gasteiger partial charge on any atom is 0.224 e. The summed E-state index contributed by atoms with van der Waals surface area (Å²) in [7, 11) is 0. The van der Waals surface area contributed by atoms with Crippen molar-refractivity contribution in [3.63, 3.8) is 0 Å². The topological polar surface area (TPSA) is 82.0 Å². The molecule has 2 heterocycles. The van der Waals surface area contributed by atoms with Gasteiger partial charge in [-0.2, -0.15) is 0 Å². The Bertz CT molecular complexity index is 985. The van der Waals surface area contributed by atoms with E-state index in [4.69, 9.17) is 4.74 Å². The number of carbonyl (C=O) groups is 1. The number of ether oxygens (including phenoxy) is 1. The maximum atomic E-state index is 15.0. The van der Waals surface area contributed by atoms with Crippen LogP contribution in [0.25, 0.3) is 0 Å². The van der Waals surface area contributed by atoms with Gasteiger partial charge < -0.3 is 20.3 Å². The highest BCUT2D eigenvalue weighted by Crippen LogP contribution is 2.43. The molecule has 6 nitrogen and oxygen atoms in total. The number of carbonyl (C=O) groups excluding carboxylic acids is 1. The van der Waals surface area contributed by atoms with Crippen molar-refractivity contribution in [2.24, 2.45) is 5.92 Å². The molecule has 3 N–H and O–H groups in total. The first kappa shape index (κ1) is 20.4. The number of hydrogen-bond acceptors (Lipinski definition) is 5. The van der Waals surface area contributed by atoms with Crippen LogP contribution < -0.4 is 10.1 Å². The Kier molecular flexibility index (Phi) is 5.20. The number of para-hydroxylation sites is 1. The molecule has 31 heavy (non-hydrogen) atoms. The zero-order valence-corrected chi connectivity index (χ0v) is 17.3. The lowest BCUT2D eigenvalue weighted by molar-refractivity contribution is -0.116. The number of amides is 1. The van der Waals surface area contributed by atoms with Crippen molar-refractivity contribution in [3.8, 4) is 5.75 Å². The number of aliphatic hydroxyl groups is 2. The molecule has 1 amide bonds. The molecule has 7 heteroatoms. The van der Waals surface area contributed by atoms with Gasteiger partial charge in [-0.25, -0.2) is 4.39 Å². The van der Waals surface area contributed by atoms with Gasteiger partial charge in [0.2, 0.25) is 5.91 Å². The number of benzene rings is 2. The molecule has 4 atom stereocenters. The SMILES string of the molecule is O=C1CCc2c(ccc([C@@H](O)CN3C[C@H]4C[C@H](Oc5ccccc5)C[C@@]4(O)C3)c2F)N1. The van der Waals surface area contributed by atoms with Gasteiger partial charge >= 0.3 is 0 Å². The zero-order valence-electron chi connectivity index (χ0n) is 17.3. The number of rotatable bonds is 5. The van der Waals surface area contributed by atoms with Gasteiger partial charge in [-0.3, -0.25) is 9.69 Å². The van der Waals surface area contributed by atoms with E-state index in [2.05, 4.69) is 5.32 Å². The summed E-state index contributed by atoms with van der Waals surface area (Å²) in [6.45, 7) is 1.34. The highest BCUT2D eigenvalue weighted by atomic mass is 19.1. The Balaban J connectivity index is 1.22. The molecular weight excluding hydrogens is 399 g/mol. The van der Waals surface area contributed by atoms with Gasteiger partial charge in [0.05, 0.1) is 11.7 Å². The molecule has 2 aromatic carbocycles. The molecule has 2 fully saturated rings. The number of nitrogens with one attached hydrogen (secondary N) is 1. The van der Waals surface area contributed by atoms with Crippen LogP contribution >= 0.6 is 0 Å². The van der Waals surface area contributed by atoms with E-state index < -0.39 is 17.5 Å². The highest BCUT2D eigenvalue weighted by molar-refractivity contribution is 5.94. The van der Waals surface area contributed by atoms with Crippen LogP contribution in [0.5, 0.6) is 5.75 Å². The number of aliphatic hydroxyl groups excluding tert-OH is 1. The number of anilines is 1. The van der Waals surface area contributed by atoms with E-state index in [0.29, 0.717) is 37.2 Å². The third-order valence-corrected chi connectivity index (χ3v) is 6.85. The molecule has 0 bridgehead atoms. The number of halogens is 1. The van der Waals surface area contributed by atoms with Crippen LogP contribution in [0.4, 0.5) is 10.1 Å². The summed E-state index contributed by atoms with van der Waals surface area (Å²) in [5, 5.41) is 24.6. The summed E-state index contributed by atoms with van der Waals surface area (Å²) in [4.78, 5) is 13.5. The van der Waals surface area contributed by atoms with E-state index in [9.17, 15) is 19.4 Å². The minimum absolute atomic E-state index is 0.0298. The zero-order chi connectivity index (χ0) is 21.6. The fraction of sp³-hybridized carbons (Fsp3) is 0.458. The second-order valence-electron chi connectivity index (χ2n) is 9.05. The number of hydrogen-bond donors (Lipinski definition) is 3. The van der Waals surface area contributed by atoms with E-state index in [1.54, 1.807) is 12.1 Å². The van der Waals surface area contributed by atoms with Gasteiger partial charge in [0, 0.05) is 55.2 Å². The lowest BCUT2D eigenvalue weighted by Gasteiger charge is -2.26. The molecule has 164 valence electrons. The van der Waals surface area contributed by atoms with Crippen LogP contribution in [0, 0.1) is 11.7 Å². The van der Waals surface area contributed by atoms with E-state index in [1.807, 2.05) is 35.2 Å². The number of likely N-dealkylation sites (tertiary alicyclic amines) is 1. The van der Waals surface area contributed by atoms with E-state index in [1.165, 1.54) is 0 Å². The average molecular weight is 426 g/mol. The molecule has 0 aromatic heterocycles. The quantitative estimate of drug-likeness (QED) is 0.685. The average Bonchev–Trinajstić information content (AvgIpc) is 3.18. The monoisotopic (exact) mass is 426 g/mol. The molecule has 1 aliphatic carbocycles. The molecule has 0 spiro atoms. The summed E-state index contributed by atoms with van der Waals surface area (Å²) in [5.41, 5.74) is 0.329. The van der Waals surface area contributed by atoms with Gasteiger partial charge in [0.25, 0.3) is 0 Å².